The molecule has 0 aromatic heterocycles. The number of alkyl halides is 7. The first-order chi connectivity index (χ1) is 15.8. The van der Waals surface area contributed by atoms with Crippen molar-refractivity contribution >= 4 is 0 Å². The van der Waals surface area contributed by atoms with Crippen LogP contribution in [0.4, 0.5) is 35.1 Å². The second-order valence-electron chi connectivity index (χ2n) is 8.63. The molecule has 1 fully saturated rings. The Morgan fingerprint density at radius 3 is 2.29 bits per heavy atom. The van der Waals surface area contributed by atoms with E-state index in [2.05, 4.69) is 4.74 Å². The smallest absolute Gasteiger partial charge is 0.419 e. The number of hydrogen-bond donors (Lipinski definition) is 0. The summed E-state index contributed by atoms with van der Waals surface area (Å²) in [5, 5.41) is 0. The lowest BCUT2D eigenvalue weighted by molar-refractivity contribution is -0.325. The van der Waals surface area contributed by atoms with Crippen LogP contribution in [-0.2, 0) is 15.7 Å². The fraction of sp³-hybridized carbons (Fsp3) is 0.652. The van der Waals surface area contributed by atoms with Gasteiger partial charge in [-0.15, -0.1) is 0 Å². The summed E-state index contributed by atoms with van der Waals surface area (Å²) in [6, 6.07) is 1.10. The van der Waals surface area contributed by atoms with Crippen LogP contribution in [0.25, 0.3) is 0 Å². The summed E-state index contributed by atoms with van der Waals surface area (Å²) in [6.45, 7) is 1.34. The van der Waals surface area contributed by atoms with Crippen molar-refractivity contribution in [2.45, 2.75) is 76.6 Å². The summed E-state index contributed by atoms with van der Waals surface area (Å²) in [5.74, 6) is -3.79. The van der Waals surface area contributed by atoms with Crippen LogP contribution < -0.4 is 4.74 Å². The van der Waals surface area contributed by atoms with E-state index in [0.29, 0.717) is 30.9 Å². The van der Waals surface area contributed by atoms with Crippen molar-refractivity contribution in [1.82, 2.24) is 0 Å². The van der Waals surface area contributed by atoms with E-state index in [1.54, 1.807) is 0 Å². The van der Waals surface area contributed by atoms with Crippen molar-refractivity contribution in [3.63, 3.8) is 0 Å². The zero-order chi connectivity index (χ0) is 25.1. The maximum atomic E-state index is 14.5. The largest absolute Gasteiger partial charge is 0.432 e. The Morgan fingerprint density at radius 2 is 1.76 bits per heavy atom. The zero-order valence-corrected chi connectivity index (χ0v) is 18.4. The van der Waals surface area contributed by atoms with Gasteiger partial charge in [0, 0.05) is 11.6 Å². The molecule has 0 N–H and O–H groups in total. The monoisotopic (exact) mass is 502 g/mol. The van der Waals surface area contributed by atoms with E-state index in [9.17, 15) is 35.1 Å². The van der Waals surface area contributed by atoms with Crippen LogP contribution in [0, 0.1) is 17.7 Å². The lowest BCUT2D eigenvalue weighted by atomic mass is 9.86. The first-order valence-corrected chi connectivity index (χ1v) is 11.1. The van der Waals surface area contributed by atoms with Gasteiger partial charge in [0.05, 0.1) is 18.1 Å². The highest BCUT2D eigenvalue weighted by Crippen LogP contribution is 2.41. The maximum absolute atomic E-state index is 14.5. The fourth-order valence-electron chi connectivity index (χ4n) is 4.18. The number of benzene rings is 1. The van der Waals surface area contributed by atoms with E-state index in [4.69, 9.17) is 9.47 Å². The molecule has 3 unspecified atom stereocenters. The summed E-state index contributed by atoms with van der Waals surface area (Å²) < 4.78 is 124. The second kappa shape index (κ2) is 10.4. The highest BCUT2D eigenvalue weighted by Gasteiger charge is 2.47. The second-order valence-corrected chi connectivity index (χ2v) is 8.63. The summed E-state index contributed by atoms with van der Waals surface area (Å²) in [6.07, 6.45) is -9.73. The quantitative estimate of drug-likeness (QED) is 0.269. The molecule has 192 valence electrons. The third-order valence-electron chi connectivity index (χ3n) is 6.08. The first kappa shape index (κ1) is 26.7. The Bertz CT molecular complexity index is 860. The molecule has 0 bridgehead atoms. The average Bonchev–Trinajstić information content (AvgIpc) is 2.73. The Morgan fingerprint density at radius 1 is 1.03 bits per heavy atom. The van der Waals surface area contributed by atoms with E-state index >= 15 is 0 Å². The van der Waals surface area contributed by atoms with Gasteiger partial charge in [-0.3, -0.25) is 4.74 Å². The number of allylic oxidation sites excluding steroid dienone is 1. The average molecular weight is 502 g/mol. The minimum Gasteiger partial charge on any atom is -0.432 e. The molecule has 1 aromatic carbocycles. The summed E-state index contributed by atoms with van der Waals surface area (Å²) in [4.78, 5) is 0. The maximum Gasteiger partial charge on any atom is 0.419 e. The van der Waals surface area contributed by atoms with Gasteiger partial charge >= 0.3 is 18.4 Å². The summed E-state index contributed by atoms with van der Waals surface area (Å²) in [5.41, 5.74) is -1.76. The van der Waals surface area contributed by atoms with Crippen molar-refractivity contribution < 1.29 is 49.3 Å². The van der Waals surface area contributed by atoms with Gasteiger partial charge in [0.25, 0.3) is 0 Å². The van der Waals surface area contributed by atoms with E-state index < -0.39 is 54.3 Å². The van der Waals surface area contributed by atoms with E-state index in [1.807, 2.05) is 6.92 Å². The van der Waals surface area contributed by atoms with Crippen LogP contribution >= 0.6 is 0 Å². The standard InChI is InChI=1S/C23H26F8O3/c1-2-3-14-4-6-15(7-5-14)22(28,29)34-20-11-8-16(13-32-20)23(30,31)33-17-9-10-18(19(24)12-17)21(25,26)27/h6,9-10,12,14,16,20H,2-5,7-8,11,13H2,1H3. The molecular weight excluding hydrogens is 476 g/mol. The molecule has 3 atom stereocenters. The van der Waals surface area contributed by atoms with Crippen molar-refractivity contribution in [2.24, 2.45) is 11.8 Å². The van der Waals surface area contributed by atoms with Crippen LogP contribution in [0.2, 0.25) is 0 Å². The van der Waals surface area contributed by atoms with Crippen molar-refractivity contribution in [1.29, 1.82) is 0 Å². The Labute approximate surface area is 192 Å². The Balaban J connectivity index is 1.54. The molecular formula is C23H26F8O3. The van der Waals surface area contributed by atoms with E-state index in [0.717, 1.165) is 12.8 Å². The molecule has 11 heteroatoms. The fourth-order valence-corrected chi connectivity index (χ4v) is 4.18. The molecule has 1 aromatic rings. The van der Waals surface area contributed by atoms with Gasteiger partial charge < -0.3 is 9.47 Å². The van der Waals surface area contributed by atoms with Gasteiger partial charge in [-0.05, 0) is 50.2 Å². The molecule has 2 aliphatic rings. The molecule has 1 heterocycles. The highest BCUT2D eigenvalue weighted by atomic mass is 19.4. The lowest BCUT2D eigenvalue weighted by Crippen LogP contribution is -2.44. The lowest BCUT2D eigenvalue weighted by Gasteiger charge is -2.35. The summed E-state index contributed by atoms with van der Waals surface area (Å²) in [7, 11) is 0. The molecule has 0 amide bonds. The molecule has 1 saturated heterocycles. The van der Waals surface area contributed by atoms with Gasteiger partial charge in [0.15, 0.2) is 6.29 Å². The minimum atomic E-state index is -4.98. The Hall–Kier alpha value is -1.88. The number of halogens is 8. The van der Waals surface area contributed by atoms with E-state index in [-0.39, 0.29) is 30.9 Å². The molecule has 0 radical (unpaired) electrons. The van der Waals surface area contributed by atoms with Gasteiger partial charge in [-0.2, -0.15) is 30.7 Å². The third kappa shape index (κ3) is 6.62. The van der Waals surface area contributed by atoms with Crippen molar-refractivity contribution in [3.8, 4) is 5.75 Å². The SMILES string of the molecule is CCCC1CC=C(C(F)(F)OC2CCC(C(F)(F)Oc3ccc(C(F)(F)F)c(F)c3)CO2)CC1. The molecule has 1 aliphatic heterocycles. The molecule has 0 saturated carbocycles. The number of rotatable bonds is 8. The molecule has 3 nitrogen and oxygen atoms in total. The normalized spacial score (nSPS) is 24.6. The molecule has 1 aliphatic carbocycles. The zero-order valence-electron chi connectivity index (χ0n) is 18.4. The van der Waals surface area contributed by atoms with Crippen LogP contribution in [0.3, 0.4) is 0 Å². The number of hydrogen-bond acceptors (Lipinski definition) is 3. The molecule has 0 spiro atoms. The third-order valence-corrected chi connectivity index (χ3v) is 6.08. The topological polar surface area (TPSA) is 27.7 Å². The summed E-state index contributed by atoms with van der Waals surface area (Å²) >= 11 is 0. The van der Waals surface area contributed by atoms with Crippen LogP contribution in [-0.4, -0.2) is 25.1 Å². The molecule has 3 rings (SSSR count). The van der Waals surface area contributed by atoms with Gasteiger partial charge in [0.2, 0.25) is 0 Å². The van der Waals surface area contributed by atoms with Crippen LogP contribution in [0.1, 0.15) is 57.4 Å². The predicted octanol–water partition coefficient (Wildman–Crippen LogP) is 7.70. The molecule has 34 heavy (non-hydrogen) atoms. The number of ether oxygens (including phenoxy) is 3. The minimum absolute atomic E-state index is 0.149. The van der Waals surface area contributed by atoms with Crippen LogP contribution in [0.15, 0.2) is 29.8 Å². The van der Waals surface area contributed by atoms with E-state index in [1.165, 1.54) is 6.08 Å². The predicted molar refractivity (Wildman–Crippen MR) is 106 cm³/mol. The highest BCUT2D eigenvalue weighted by molar-refractivity contribution is 5.30. The van der Waals surface area contributed by atoms with Gasteiger partial charge in [0.1, 0.15) is 11.6 Å². The van der Waals surface area contributed by atoms with Crippen molar-refractivity contribution in [2.75, 3.05) is 6.61 Å². The first-order valence-electron chi connectivity index (χ1n) is 11.1. The van der Waals surface area contributed by atoms with Gasteiger partial charge in [-0.1, -0.05) is 25.8 Å². The van der Waals surface area contributed by atoms with Crippen molar-refractivity contribution in [3.05, 3.63) is 41.2 Å². The Kier molecular flexibility index (Phi) is 8.17. The van der Waals surface area contributed by atoms with Gasteiger partial charge in [-0.25, -0.2) is 4.39 Å². The van der Waals surface area contributed by atoms with Crippen LogP contribution in [0.5, 0.6) is 5.75 Å².